The highest BCUT2D eigenvalue weighted by molar-refractivity contribution is 5.53. The summed E-state index contributed by atoms with van der Waals surface area (Å²) in [5.41, 5.74) is 0.428. The van der Waals surface area contributed by atoms with Crippen LogP contribution in [-0.2, 0) is 6.18 Å². The van der Waals surface area contributed by atoms with Crippen LogP contribution in [0.5, 0.6) is 0 Å². The maximum Gasteiger partial charge on any atom is 0.416 e. The zero-order valence-corrected chi connectivity index (χ0v) is 18.6. The Morgan fingerprint density at radius 2 is 1.75 bits per heavy atom. The molecular formula is C24H30F4N4. The molecule has 2 aliphatic rings. The van der Waals surface area contributed by atoms with Crippen molar-refractivity contribution in [3.05, 3.63) is 47.5 Å². The van der Waals surface area contributed by atoms with E-state index >= 15 is 4.39 Å². The van der Waals surface area contributed by atoms with Gasteiger partial charge in [-0.3, -0.25) is 0 Å². The predicted octanol–water partition coefficient (Wildman–Crippen LogP) is 6.60. The number of benzene rings is 1. The Kier molecular flexibility index (Phi) is 6.32. The van der Waals surface area contributed by atoms with Crippen molar-refractivity contribution in [2.24, 2.45) is 11.3 Å². The van der Waals surface area contributed by atoms with Crippen LogP contribution in [0.1, 0.15) is 69.5 Å². The van der Waals surface area contributed by atoms with Gasteiger partial charge in [-0.2, -0.15) is 17.6 Å². The molecule has 1 unspecified atom stereocenters. The average molecular weight is 451 g/mol. The van der Waals surface area contributed by atoms with Crippen molar-refractivity contribution in [1.29, 1.82) is 0 Å². The Bertz CT molecular complexity index is 917. The van der Waals surface area contributed by atoms with Crippen LogP contribution in [0.4, 0.5) is 29.2 Å². The fraction of sp³-hybridized carbons (Fsp3) is 0.583. The molecule has 1 saturated carbocycles. The summed E-state index contributed by atoms with van der Waals surface area (Å²) in [6, 6.07) is 4.92. The second kappa shape index (κ2) is 8.87. The van der Waals surface area contributed by atoms with Gasteiger partial charge in [0.25, 0.3) is 0 Å². The zero-order valence-electron chi connectivity index (χ0n) is 18.6. The van der Waals surface area contributed by atoms with E-state index in [1.165, 1.54) is 31.3 Å². The van der Waals surface area contributed by atoms with Crippen LogP contribution in [-0.4, -0.2) is 23.1 Å². The fourth-order valence-corrected chi connectivity index (χ4v) is 4.85. The standard InChI is InChI=1S/C24H30F4N4/c1-23(2)11-9-16(10-12-23)14-29-21-20(25)22(31-15-30-21)32-13-3-4-19(32)17-5-7-18(8-6-17)24(26,27)28/h5-8,15-16,19H,3-4,9-14H2,1-2H3,(H,29,30,31). The van der Waals surface area contributed by atoms with Gasteiger partial charge in [-0.1, -0.05) is 26.0 Å². The molecular weight excluding hydrogens is 420 g/mol. The molecule has 2 fully saturated rings. The maximum atomic E-state index is 15.3. The molecule has 0 radical (unpaired) electrons. The molecule has 2 aromatic rings. The Labute approximate surface area is 186 Å². The Balaban J connectivity index is 1.47. The van der Waals surface area contributed by atoms with Crippen molar-refractivity contribution in [3.63, 3.8) is 0 Å². The van der Waals surface area contributed by atoms with Crippen LogP contribution in [0.2, 0.25) is 0 Å². The lowest BCUT2D eigenvalue weighted by Crippen LogP contribution is -2.27. The smallest absolute Gasteiger partial charge is 0.367 e. The lowest BCUT2D eigenvalue weighted by molar-refractivity contribution is -0.137. The normalized spacial score (nSPS) is 21.7. The molecule has 1 aromatic carbocycles. The first kappa shape index (κ1) is 22.8. The van der Waals surface area contributed by atoms with Crippen molar-refractivity contribution in [2.45, 2.75) is 64.6 Å². The van der Waals surface area contributed by atoms with E-state index in [9.17, 15) is 13.2 Å². The number of aromatic nitrogens is 2. The third-order valence-electron chi connectivity index (χ3n) is 6.94. The van der Waals surface area contributed by atoms with Crippen LogP contribution < -0.4 is 10.2 Å². The van der Waals surface area contributed by atoms with Gasteiger partial charge < -0.3 is 10.2 Å². The van der Waals surface area contributed by atoms with Crippen molar-refractivity contribution >= 4 is 11.6 Å². The molecule has 8 heteroatoms. The van der Waals surface area contributed by atoms with Gasteiger partial charge in [-0.25, -0.2) is 9.97 Å². The molecule has 1 atom stereocenters. The van der Waals surface area contributed by atoms with Crippen molar-refractivity contribution in [2.75, 3.05) is 23.3 Å². The van der Waals surface area contributed by atoms with Gasteiger partial charge in [0.1, 0.15) is 6.33 Å². The third-order valence-corrected chi connectivity index (χ3v) is 6.94. The molecule has 0 spiro atoms. The van der Waals surface area contributed by atoms with E-state index in [0.717, 1.165) is 43.4 Å². The molecule has 1 aliphatic heterocycles. The minimum absolute atomic E-state index is 0.193. The zero-order chi connectivity index (χ0) is 22.9. The quantitative estimate of drug-likeness (QED) is 0.521. The number of nitrogens with zero attached hydrogens (tertiary/aromatic N) is 3. The minimum atomic E-state index is -4.37. The van der Waals surface area contributed by atoms with Gasteiger partial charge in [-0.15, -0.1) is 0 Å². The van der Waals surface area contributed by atoms with Crippen molar-refractivity contribution < 1.29 is 17.6 Å². The fourth-order valence-electron chi connectivity index (χ4n) is 4.85. The summed E-state index contributed by atoms with van der Waals surface area (Å²) in [5, 5.41) is 3.17. The molecule has 1 aliphatic carbocycles. The molecule has 1 saturated heterocycles. The van der Waals surface area contributed by atoms with Crippen LogP contribution in [0, 0.1) is 17.2 Å². The Morgan fingerprint density at radius 3 is 2.41 bits per heavy atom. The SMILES string of the molecule is CC1(C)CCC(CNc2ncnc(N3CCCC3c3ccc(C(F)(F)F)cc3)c2F)CC1. The molecule has 0 amide bonds. The largest absolute Gasteiger partial charge is 0.416 e. The highest BCUT2D eigenvalue weighted by atomic mass is 19.4. The lowest BCUT2D eigenvalue weighted by atomic mass is 9.73. The van der Waals surface area contributed by atoms with E-state index < -0.39 is 17.6 Å². The Morgan fingerprint density at radius 1 is 1.06 bits per heavy atom. The number of rotatable bonds is 5. The number of nitrogens with one attached hydrogen (secondary N) is 1. The predicted molar refractivity (Wildman–Crippen MR) is 117 cm³/mol. The minimum Gasteiger partial charge on any atom is -0.367 e. The van der Waals surface area contributed by atoms with E-state index in [0.29, 0.717) is 24.4 Å². The van der Waals surface area contributed by atoms with E-state index in [-0.39, 0.29) is 17.7 Å². The van der Waals surface area contributed by atoms with Crippen molar-refractivity contribution in [3.8, 4) is 0 Å². The third kappa shape index (κ3) is 4.99. The number of hydrogen-bond acceptors (Lipinski definition) is 4. The topological polar surface area (TPSA) is 41.1 Å². The second-order valence-corrected chi connectivity index (χ2v) is 9.82. The Hall–Kier alpha value is -2.38. The lowest BCUT2D eigenvalue weighted by Gasteiger charge is -2.34. The first-order valence-electron chi connectivity index (χ1n) is 11.3. The molecule has 32 heavy (non-hydrogen) atoms. The summed E-state index contributed by atoms with van der Waals surface area (Å²) in [6.07, 6.45) is 3.08. The molecule has 2 heterocycles. The van der Waals surface area contributed by atoms with E-state index in [2.05, 4.69) is 29.1 Å². The molecule has 1 aromatic heterocycles. The average Bonchev–Trinajstić information content (AvgIpc) is 3.23. The van der Waals surface area contributed by atoms with Gasteiger partial charge in [0, 0.05) is 13.1 Å². The molecule has 174 valence electrons. The number of alkyl halides is 3. The van der Waals surface area contributed by atoms with Crippen molar-refractivity contribution in [1.82, 2.24) is 9.97 Å². The van der Waals surface area contributed by atoms with Gasteiger partial charge >= 0.3 is 6.18 Å². The van der Waals surface area contributed by atoms with Crippen LogP contribution in [0.3, 0.4) is 0 Å². The van der Waals surface area contributed by atoms with Gasteiger partial charge in [0.05, 0.1) is 11.6 Å². The maximum absolute atomic E-state index is 15.3. The van der Waals surface area contributed by atoms with Crippen LogP contribution >= 0.6 is 0 Å². The summed E-state index contributed by atoms with van der Waals surface area (Å²) in [5.74, 6) is 0.391. The first-order chi connectivity index (χ1) is 15.1. The first-order valence-corrected chi connectivity index (χ1v) is 11.3. The molecule has 4 nitrogen and oxygen atoms in total. The summed E-state index contributed by atoms with van der Waals surface area (Å²) in [7, 11) is 0. The van der Waals surface area contributed by atoms with E-state index in [1.807, 2.05) is 4.90 Å². The molecule has 0 bridgehead atoms. The molecule has 1 N–H and O–H groups in total. The monoisotopic (exact) mass is 450 g/mol. The highest BCUT2D eigenvalue weighted by Gasteiger charge is 2.33. The molecule has 4 rings (SSSR count). The van der Waals surface area contributed by atoms with Crippen LogP contribution in [0.25, 0.3) is 0 Å². The summed E-state index contributed by atoms with van der Waals surface area (Å²) in [4.78, 5) is 10.1. The summed E-state index contributed by atoms with van der Waals surface area (Å²) >= 11 is 0. The van der Waals surface area contributed by atoms with Crippen LogP contribution in [0.15, 0.2) is 30.6 Å². The van der Waals surface area contributed by atoms with E-state index in [1.54, 1.807) is 0 Å². The number of halogens is 4. The number of anilines is 2. The summed E-state index contributed by atoms with van der Waals surface area (Å²) in [6.45, 7) is 5.84. The second-order valence-electron chi connectivity index (χ2n) is 9.82. The van der Waals surface area contributed by atoms with Gasteiger partial charge in [0.2, 0.25) is 5.82 Å². The summed E-state index contributed by atoms with van der Waals surface area (Å²) < 4.78 is 54.0. The van der Waals surface area contributed by atoms with Gasteiger partial charge in [0.15, 0.2) is 11.6 Å². The van der Waals surface area contributed by atoms with Gasteiger partial charge in [-0.05, 0) is 67.6 Å². The highest BCUT2D eigenvalue weighted by Crippen LogP contribution is 2.40. The van der Waals surface area contributed by atoms with E-state index in [4.69, 9.17) is 0 Å². The number of hydrogen-bond donors (Lipinski definition) is 1.